The summed E-state index contributed by atoms with van der Waals surface area (Å²) in [6.45, 7) is 2.19. The lowest BCUT2D eigenvalue weighted by Gasteiger charge is -2.33. The number of halogens is 2. The number of hydrogen-bond donors (Lipinski definition) is 2. The first kappa shape index (κ1) is 16.3. The predicted octanol–water partition coefficient (Wildman–Crippen LogP) is 2.18. The van der Waals surface area contributed by atoms with Gasteiger partial charge in [-0.1, -0.05) is 11.6 Å². The van der Waals surface area contributed by atoms with Crippen molar-refractivity contribution in [1.29, 1.82) is 0 Å². The van der Waals surface area contributed by atoms with Crippen LogP contribution in [0.2, 0.25) is 5.02 Å². The van der Waals surface area contributed by atoms with Gasteiger partial charge in [0.25, 0.3) is 0 Å². The van der Waals surface area contributed by atoms with Crippen molar-refractivity contribution in [3.05, 3.63) is 26.8 Å². The summed E-state index contributed by atoms with van der Waals surface area (Å²) in [7, 11) is 0. The second-order valence-electron chi connectivity index (χ2n) is 4.71. The molecule has 0 aromatic heterocycles. The lowest BCUT2D eigenvalue weighted by Crippen LogP contribution is -2.51. The number of carbonyl (C=O) groups is 2. The highest BCUT2D eigenvalue weighted by molar-refractivity contribution is 14.1. The van der Waals surface area contributed by atoms with Crippen molar-refractivity contribution in [2.75, 3.05) is 38.0 Å². The molecule has 1 aromatic carbocycles. The molecule has 2 rings (SSSR count). The molecule has 0 spiro atoms. The largest absolute Gasteiger partial charge is 0.480 e. The number of carbonyl (C=O) groups excluding carboxylic acids is 1. The molecular weight excluding hydrogens is 409 g/mol. The molecule has 0 unspecified atom stereocenters. The maximum Gasteiger partial charge on any atom is 0.321 e. The molecule has 1 saturated heterocycles. The molecule has 21 heavy (non-hydrogen) atoms. The number of benzene rings is 1. The van der Waals surface area contributed by atoms with Gasteiger partial charge in [-0.15, -0.1) is 0 Å². The van der Waals surface area contributed by atoms with E-state index in [0.29, 0.717) is 31.2 Å². The summed E-state index contributed by atoms with van der Waals surface area (Å²) in [4.78, 5) is 26.3. The zero-order valence-corrected chi connectivity index (χ0v) is 14.1. The van der Waals surface area contributed by atoms with Gasteiger partial charge in [0.1, 0.15) is 0 Å². The summed E-state index contributed by atoms with van der Waals surface area (Å²) >= 11 is 7.99. The smallest absolute Gasteiger partial charge is 0.321 e. The number of carboxylic acids is 1. The Morgan fingerprint density at radius 2 is 1.95 bits per heavy atom. The van der Waals surface area contributed by atoms with Crippen LogP contribution in [0.15, 0.2) is 18.2 Å². The van der Waals surface area contributed by atoms with Crippen LogP contribution in [0.1, 0.15) is 0 Å². The van der Waals surface area contributed by atoms with Gasteiger partial charge in [-0.3, -0.25) is 9.69 Å². The Bertz CT molecular complexity index is 547. The first-order valence-corrected chi connectivity index (χ1v) is 7.86. The Hall–Kier alpha value is -1.06. The molecule has 0 saturated carbocycles. The quantitative estimate of drug-likeness (QED) is 0.731. The molecule has 0 atom stereocenters. The third kappa shape index (κ3) is 4.72. The van der Waals surface area contributed by atoms with E-state index in [2.05, 4.69) is 27.9 Å². The molecule has 6 nitrogen and oxygen atoms in total. The highest BCUT2D eigenvalue weighted by Gasteiger charge is 2.22. The van der Waals surface area contributed by atoms with Crippen LogP contribution in [0.3, 0.4) is 0 Å². The van der Waals surface area contributed by atoms with E-state index in [1.807, 2.05) is 4.90 Å². The Morgan fingerprint density at radius 3 is 2.52 bits per heavy atom. The molecule has 0 radical (unpaired) electrons. The van der Waals surface area contributed by atoms with E-state index in [4.69, 9.17) is 16.7 Å². The maximum absolute atomic E-state index is 12.2. The zero-order chi connectivity index (χ0) is 15.4. The minimum absolute atomic E-state index is 0.0184. The summed E-state index contributed by atoms with van der Waals surface area (Å²) in [5.74, 6) is -0.844. The highest BCUT2D eigenvalue weighted by Crippen LogP contribution is 2.22. The van der Waals surface area contributed by atoms with E-state index >= 15 is 0 Å². The topological polar surface area (TPSA) is 72.9 Å². The third-order valence-corrected chi connectivity index (χ3v) is 4.32. The van der Waals surface area contributed by atoms with Gasteiger partial charge in [0.15, 0.2) is 0 Å². The summed E-state index contributed by atoms with van der Waals surface area (Å²) in [6, 6.07) is 5.10. The average Bonchev–Trinajstić information content (AvgIpc) is 2.42. The van der Waals surface area contributed by atoms with Crippen molar-refractivity contribution in [3.63, 3.8) is 0 Å². The SMILES string of the molecule is O=C(O)CN1CCN(C(=O)Nc2ccc(Cl)cc2I)CC1. The van der Waals surface area contributed by atoms with Crippen LogP contribution in [-0.4, -0.2) is 59.6 Å². The molecule has 8 heteroatoms. The van der Waals surface area contributed by atoms with E-state index in [1.54, 1.807) is 23.1 Å². The molecule has 1 aliphatic heterocycles. The van der Waals surface area contributed by atoms with Crippen LogP contribution in [0.25, 0.3) is 0 Å². The summed E-state index contributed by atoms with van der Waals surface area (Å²) < 4.78 is 0.873. The molecule has 1 heterocycles. The fourth-order valence-electron chi connectivity index (χ4n) is 2.09. The van der Waals surface area contributed by atoms with E-state index in [-0.39, 0.29) is 12.6 Å². The van der Waals surface area contributed by atoms with E-state index in [9.17, 15) is 9.59 Å². The Balaban J connectivity index is 1.89. The molecule has 0 aliphatic carbocycles. The van der Waals surface area contributed by atoms with Crippen molar-refractivity contribution in [1.82, 2.24) is 9.80 Å². The lowest BCUT2D eigenvalue weighted by atomic mass is 10.3. The van der Waals surface area contributed by atoms with Crippen LogP contribution in [-0.2, 0) is 4.79 Å². The number of rotatable bonds is 3. The summed E-state index contributed by atoms with van der Waals surface area (Å²) in [6.07, 6.45) is 0. The van der Waals surface area contributed by atoms with Crippen molar-refractivity contribution < 1.29 is 14.7 Å². The molecule has 1 aromatic rings. The van der Waals surface area contributed by atoms with Crippen LogP contribution in [0.5, 0.6) is 0 Å². The molecule has 0 bridgehead atoms. The zero-order valence-electron chi connectivity index (χ0n) is 11.2. The van der Waals surface area contributed by atoms with Crippen LogP contribution in [0, 0.1) is 3.57 Å². The van der Waals surface area contributed by atoms with Crippen LogP contribution in [0.4, 0.5) is 10.5 Å². The van der Waals surface area contributed by atoms with Crippen molar-refractivity contribution in [2.24, 2.45) is 0 Å². The number of nitrogens with one attached hydrogen (secondary N) is 1. The second-order valence-corrected chi connectivity index (χ2v) is 6.31. The number of anilines is 1. The third-order valence-electron chi connectivity index (χ3n) is 3.19. The van der Waals surface area contributed by atoms with Crippen molar-refractivity contribution in [2.45, 2.75) is 0 Å². The number of amides is 2. The first-order chi connectivity index (χ1) is 9.95. The minimum atomic E-state index is -0.844. The van der Waals surface area contributed by atoms with E-state index < -0.39 is 5.97 Å². The fourth-order valence-corrected chi connectivity index (χ4v) is 3.09. The Labute approximate surface area is 141 Å². The van der Waals surface area contributed by atoms with Gasteiger partial charge in [0, 0.05) is 34.8 Å². The predicted molar refractivity (Wildman–Crippen MR) is 88.8 cm³/mol. The normalized spacial score (nSPS) is 15.8. The van der Waals surface area contributed by atoms with Crippen LogP contribution >= 0.6 is 34.2 Å². The Kier molecular flexibility index (Phi) is 5.65. The maximum atomic E-state index is 12.2. The molecule has 1 fully saturated rings. The van der Waals surface area contributed by atoms with Crippen molar-refractivity contribution in [3.8, 4) is 0 Å². The second kappa shape index (κ2) is 7.28. The molecule has 2 N–H and O–H groups in total. The molecule has 1 aliphatic rings. The lowest BCUT2D eigenvalue weighted by molar-refractivity contribution is -0.138. The number of nitrogens with zero attached hydrogens (tertiary/aromatic N) is 2. The van der Waals surface area contributed by atoms with Gasteiger partial charge in [0.2, 0.25) is 0 Å². The Morgan fingerprint density at radius 1 is 1.29 bits per heavy atom. The highest BCUT2D eigenvalue weighted by atomic mass is 127. The first-order valence-electron chi connectivity index (χ1n) is 6.41. The van der Waals surface area contributed by atoms with Gasteiger partial charge >= 0.3 is 12.0 Å². The monoisotopic (exact) mass is 423 g/mol. The van der Waals surface area contributed by atoms with E-state index in [0.717, 1.165) is 9.26 Å². The van der Waals surface area contributed by atoms with E-state index in [1.165, 1.54) is 0 Å². The average molecular weight is 424 g/mol. The number of aliphatic carboxylic acids is 1. The van der Waals surface area contributed by atoms with Gasteiger partial charge < -0.3 is 15.3 Å². The van der Waals surface area contributed by atoms with Gasteiger partial charge in [-0.2, -0.15) is 0 Å². The fraction of sp³-hybridized carbons (Fsp3) is 0.385. The molecule has 114 valence electrons. The number of hydrogen-bond acceptors (Lipinski definition) is 3. The standard InChI is InChI=1S/C13H15ClIN3O3/c14-9-1-2-11(10(15)7-9)16-13(21)18-5-3-17(4-6-18)8-12(19)20/h1-2,7H,3-6,8H2,(H,16,21)(H,19,20). The summed E-state index contributed by atoms with van der Waals surface area (Å²) in [5.41, 5.74) is 0.720. The van der Waals surface area contributed by atoms with Gasteiger partial charge in [-0.25, -0.2) is 4.79 Å². The van der Waals surface area contributed by atoms with Crippen molar-refractivity contribution >= 4 is 51.9 Å². The van der Waals surface area contributed by atoms with Crippen LogP contribution < -0.4 is 5.32 Å². The number of urea groups is 1. The number of piperazine rings is 1. The summed E-state index contributed by atoms with van der Waals surface area (Å²) in [5, 5.41) is 12.2. The molecule has 2 amide bonds. The molecular formula is C13H15ClIN3O3. The number of carboxylic acid groups (broad SMARTS) is 1. The van der Waals surface area contributed by atoms with Gasteiger partial charge in [-0.05, 0) is 40.8 Å². The minimum Gasteiger partial charge on any atom is -0.480 e. The van der Waals surface area contributed by atoms with Gasteiger partial charge in [0.05, 0.1) is 12.2 Å².